The van der Waals surface area contributed by atoms with E-state index in [1.807, 2.05) is 6.07 Å². The number of carboxylic acid groups (broad SMARTS) is 1. The molecule has 0 aromatic heterocycles. The van der Waals surface area contributed by atoms with Crippen molar-refractivity contribution in [3.05, 3.63) is 34.9 Å². The summed E-state index contributed by atoms with van der Waals surface area (Å²) in [4.78, 5) is 21.5. The summed E-state index contributed by atoms with van der Waals surface area (Å²) in [6.45, 7) is 1.41. The molecular formula is C12H10BrNO3. The van der Waals surface area contributed by atoms with E-state index in [9.17, 15) is 9.59 Å². The van der Waals surface area contributed by atoms with Crippen LogP contribution in [0.5, 0.6) is 0 Å². The summed E-state index contributed by atoms with van der Waals surface area (Å²) in [6.07, 6.45) is -0.269. The Labute approximate surface area is 107 Å². The smallest absolute Gasteiger partial charge is 0.307 e. The van der Waals surface area contributed by atoms with E-state index in [2.05, 4.69) is 15.9 Å². The fraction of sp³-hybridized carbons (Fsp3) is 0.250. The molecule has 1 atom stereocenters. The van der Waals surface area contributed by atoms with Crippen LogP contribution in [0.15, 0.2) is 18.2 Å². The minimum atomic E-state index is -1.03. The summed E-state index contributed by atoms with van der Waals surface area (Å²) >= 11 is 3.20. The van der Waals surface area contributed by atoms with Crippen LogP contribution in [-0.2, 0) is 16.0 Å². The van der Waals surface area contributed by atoms with E-state index in [0.717, 1.165) is 0 Å². The highest BCUT2D eigenvalue weighted by atomic mass is 79.9. The topological polar surface area (TPSA) is 78.2 Å². The predicted molar refractivity (Wildman–Crippen MR) is 64.8 cm³/mol. The van der Waals surface area contributed by atoms with Gasteiger partial charge < -0.3 is 5.11 Å². The summed E-state index contributed by atoms with van der Waals surface area (Å²) in [6, 6.07) is 6.77. The normalized spacial score (nSPS) is 11.6. The molecule has 0 radical (unpaired) electrons. The quantitative estimate of drug-likeness (QED) is 0.864. The standard InChI is InChI=1S/C12H10BrNO3/c1-7(15)12(13)9-4-2-3-8(6-14)10(9)5-11(16)17/h2-4,12H,5H2,1H3,(H,16,17). The van der Waals surface area contributed by atoms with Crippen molar-refractivity contribution in [1.82, 2.24) is 0 Å². The average molecular weight is 296 g/mol. The van der Waals surface area contributed by atoms with Gasteiger partial charge in [0, 0.05) is 0 Å². The molecule has 0 aliphatic carbocycles. The molecule has 4 nitrogen and oxygen atoms in total. The van der Waals surface area contributed by atoms with Gasteiger partial charge in [0.05, 0.1) is 22.9 Å². The molecule has 0 saturated carbocycles. The molecule has 5 heteroatoms. The zero-order chi connectivity index (χ0) is 13.0. The summed E-state index contributed by atoms with van der Waals surface area (Å²) in [5.41, 5.74) is 1.22. The first-order valence-electron chi connectivity index (χ1n) is 4.85. The number of alkyl halides is 1. The second kappa shape index (κ2) is 5.60. The largest absolute Gasteiger partial charge is 0.481 e. The number of carbonyl (C=O) groups is 2. The Kier molecular flexibility index (Phi) is 4.41. The number of aliphatic carboxylic acids is 1. The first kappa shape index (κ1) is 13.4. The summed E-state index contributed by atoms with van der Waals surface area (Å²) in [7, 11) is 0. The van der Waals surface area contributed by atoms with E-state index < -0.39 is 10.8 Å². The van der Waals surface area contributed by atoms with Gasteiger partial charge in [0.25, 0.3) is 0 Å². The second-order valence-electron chi connectivity index (χ2n) is 3.53. The Morgan fingerprint density at radius 1 is 1.53 bits per heavy atom. The van der Waals surface area contributed by atoms with Gasteiger partial charge in [0.1, 0.15) is 5.78 Å². The van der Waals surface area contributed by atoms with Crippen molar-refractivity contribution in [1.29, 1.82) is 5.26 Å². The van der Waals surface area contributed by atoms with Crippen molar-refractivity contribution in [3.63, 3.8) is 0 Å². The molecule has 1 unspecified atom stereocenters. The molecule has 0 amide bonds. The van der Waals surface area contributed by atoms with Gasteiger partial charge in [-0.25, -0.2) is 0 Å². The maximum Gasteiger partial charge on any atom is 0.307 e. The van der Waals surface area contributed by atoms with Crippen LogP contribution in [0.3, 0.4) is 0 Å². The van der Waals surface area contributed by atoms with Crippen molar-refractivity contribution in [3.8, 4) is 6.07 Å². The maximum atomic E-state index is 11.3. The number of nitriles is 1. The van der Waals surface area contributed by atoms with Crippen molar-refractivity contribution in [2.24, 2.45) is 0 Å². The second-order valence-corrected chi connectivity index (χ2v) is 4.44. The molecule has 0 bridgehead atoms. The van der Waals surface area contributed by atoms with Crippen molar-refractivity contribution in [2.45, 2.75) is 18.2 Å². The number of hydrogen-bond acceptors (Lipinski definition) is 3. The van der Waals surface area contributed by atoms with Crippen LogP contribution in [0.4, 0.5) is 0 Å². The lowest BCUT2D eigenvalue weighted by molar-refractivity contribution is -0.136. The van der Waals surface area contributed by atoms with Gasteiger partial charge in [0.2, 0.25) is 0 Å². The van der Waals surface area contributed by atoms with Gasteiger partial charge in [-0.1, -0.05) is 28.1 Å². The van der Waals surface area contributed by atoms with Crippen LogP contribution in [0.2, 0.25) is 0 Å². The Morgan fingerprint density at radius 3 is 2.65 bits per heavy atom. The van der Waals surface area contributed by atoms with Gasteiger partial charge in [-0.15, -0.1) is 0 Å². The van der Waals surface area contributed by atoms with Gasteiger partial charge >= 0.3 is 5.97 Å². The third-order valence-electron chi connectivity index (χ3n) is 2.29. The molecule has 0 fully saturated rings. The van der Waals surface area contributed by atoms with Crippen LogP contribution in [0.25, 0.3) is 0 Å². The number of Topliss-reactive ketones (excluding diaryl/α,β-unsaturated/α-hetero) is 1. The zero-order valence-corrected chi connectivity index (χ0v) is 10.7. The molecule has 0 spiro atoms. The lowest BCUT2D eigenvalue weighted by Gasteiger charge is -2.12. The molecule has 0 aliphatic rings. The van der Waals surface area contributed by atoms with Crippen LogP contribution in [0, 0.1) is 11.3 Å². The van der Waals surface area contributed by atoms with E-state index in [1.165, 1.54) is 6.92 Å². The minimum Gasteiger partial charge on any atom is -0.481 e. The van der Waals surface area contributed by atoms with E-state index in [4.69, 9.17) is 10.4 Å². The lowest BCUT2D eigenvalue weighted by Crippen LogP contribution is -2.10. The van der Waals surface area contributed by atoms with Crippen molar-refractivity contribution >= 4 is 27.7 Å². The Bertz CT molecular complexity index is 505. The fourth-order valence-corrected chi connectivity index (χ4v) is 1.94. The van der Waals surface area contributed by atoms with E-state index in [1.54, 1.807) is 18.2 Å². The minimum absolute atomic E-state index is 0.133. The summed E-state index contributed by atoms with van der Waals surface area (Å²) in [5.74, 6) is -1.16. The number of hydrogen-bond donors (Lipinski definition) is 1. The van der Waals surface area contributed by atoms with Gasteiger partial charge in [-0.2, -0.15) is 5.26 Å². The van der Waals surface area contributed by atoms with Crippen LogP contribution < -0.4 is 0 Å². The number of halogens is 1. The highest BCUT2D eigenvalue weighted by molar-refractivity contribution is 9.09. The highest BCUT2D eigenvalue weighted by Gasteiger charge is 2.20. The molecule has 1 N–H and O–H groups in total. The SMILES string of the molecule is CC(=O)C(Br)c1cccc(C#N)c1CC(=O)O. The number of carbonyl (C=O) groups excluding carboxylic acids is 1. The third kappa shape index (κ3) is 3.14. The Hall–Kier alpha value is -1.67. The van der Waals surface area contributed by atoms with E-state index in [0.29, 0.717) is 11.1 Å². The number of carboxylic acids is 1. The summed E-state index contributed by atoms with van der Waals surface area (Å²) < 4.78 is 0. The number of ketones is 1. The van der Waals surface area contributed by atoms with Crippen LogP contribution in [0.1, 0.15) is 28.4 Å². The van der Waals surface area contributed by atoms with Gasteiger partial charge in [-0.05, 0) is 24.1 Å². The number of rotatable bonds is 4. The molecule has 88 valence electrons. The van der Waals surface area contributed by atoms with Gasteiger partial charge in [-0.3, -0.25) is 9.59 Å². The molecule has 0 aliphatic heterocycles. The average Bonchev–Trinajstić information content (AvgIpc) is 2.27. The fourth-order valence-electron chi connectivity index (χ4n) is 1.51. The third-order valence-corrected chi connectivity index (χ3v) is 3.43. The predicted octanol–water partition coefficient (Wildman–Crippen LogP) is 2.21. The van der Waals surface area contributed by atoms with Crippen LogP contribution in [-0.4, -0.2) is 16.9 Å². The molecule has 1 aromatic carbocycles. The highest BCUT2D eigenvalue weighted by Crippen LogP contribution is 2.29. The number of benzene rings is 1. The lowest BCUT2D eigenvalue weighted by atomic mass is 9.95. The Balaban J connectivity index is 3.34. The molecule has 1 aromatic rings. The van der Waals surface area contributed by atoms with E-state index in [-0.39, 0.29) is 17.8 Å². The zero-order valence-electron chi connectivity index (χ0n) is 9.11. The van der Waals surface area contributed by atoms with E-state index >= 15 is 0 Å². The molecule has 0 saturated heterocycles. The van der Waals surface area contributed by atoms with Crippen molar-refractivity contribution < 1.29 is 14.7 Å². The maximum absolute atomic E-state index is 11.3. The molecular weight excluding hydrogens is 286 g/mol. The molecule has 1 rings (SSSR count). The molecule has 17 heavy (non-hydrogen) atoms. The Morgan fingerprint density at radius 2 is 2.18 bits per heavy atom. The summed E-state index contributed by atoms with van der Waals surface area (Å²) in [5, 5.41) is 17.8. The van der Waals surface area contributed by atoms with Crippen LogP contribution >= 0.6 is 15.9 Å². The first-order valence-corrected chi connectivity index (χ1v) is 5.77. The molecule has 0 heterocycles. The number of nitrogens with zero attached hydrogens (tertiary/aromatic N) is 1. The van der Waals surface area contributed by atoms with Gasteiger partial charge in [0.15, 0.2) is 0 Å². The van der Waals surface area contributed by atoms with Crippen molar-refractivity contribution in [2.75, 3.05) is 0 Å². The first-order chi connectivity index (χ1) is 7.97. The monoisotopic (exact) mass is 295 g/mol.